The van der Waals surface area contributed by atoms with Crippen molar-refractivity contribution < 1.29 is 4.39 Å². The lowest BCUT2D eigenvalue weighted by Crippen LogP contribution is -2.22. The molecule has 0 aliphatic rings. The summed E-state index contributed by atoms with van der Waals surface area (Å²) in [5.74, 6) is -0.115. The number of benzene rings is 2. The molecule has 0 heterocycles. The molecule has 0 radical (unpaired) electrons. The summed E-state index contributed by atoms with van der Waals surface area (Å²) in [5.41, 5.74) is 4.53. The first-order chi connectivity index (χ1) is 10.1. The molecule has 0 spiro atoms. The van der Waals surface area contributed by atoms with E-state index < -0.39 is 0 Å². The Morgan fingerprint density at radius 2 is 1.86 bits per heavy atom. The van der Waals surface area contributed by atoms with Crippen LogP contribution in [0.1, 0.15) is 41.6 Å². The molecule has 112 valence electrons. The fraction of sp³-hybridized carbons (Fsp3) is 0.368. The summed E-state index contributed by atoms with van der Waals surface area (Å²) >= 11 is 0. The van der Waals surface area contributed by atoms with Gasteiger partial charge in [-0.05, 0) is 50.4 Å². The van der Waals surface area contributed by atoms with Crippen LogP contribution in [0.3, 0.4) is 0 Å². The number of hydrogen-bond donors (Lipinski definition) is 1. The van der Waals surface area contributed by atoms with Gasteiger partial charge in [-0.3, -0.25) is 0 Å². The molecule has 21 heavy (non-hydrogen) atoms. The van der Waals surface area contributed by atoms with Crippen LogP contribution in [0.25, 0.3) is 0 Å². The number of hydrogen-bond acceptors (Lipinski definition) is 1. The second-order valence-corrected chi connectivity index (χ2v) is 5.60. The lowest BCUT2D eigenvalue weighted by Gasteiger charge is -2.20. The minimum Gasteiger partial charge on any atom is -0.310 e. The first-order valence-corrected chi connectivity index (χ1v) is 7.65. The summed E-state index contributed by atoms with van der Waals surface area (Å²) in [4.78, 5) is 0. The molecule has 0 fully saturated rings. The van der Waals surface area contributed by atoms with E-state index in [2.05, 4.69) is 43.4 Å². The quantitative estimate of drug-likeness (QED) is 0.809. The maximum absolute atomic E-state index is 14.1. The highest BCUT2D eigenvalue weighted by Crippen LogP contribution is 2.24. The van der Waals surface area contributed by atoms with Crippen molar-refractivity contribution in [1.29, 1.82) is 0 Å². The van der Waals surface area contributed by atoms with Gasteiger partial charge >= 0.3 is 0 Å². The molecule has 0 saturated carbocycles. The van der Waals surface area contributed by atoms with E-state index in [1.165, 1.54) is 11.1 Å². The van der Waals surface area contributed by atoms with Gasteiger partial charge in [0.05, 0.1) is 0 Å². The highest BCUT2D eigenvalue weighted by molar-refractivity contribution is 5.29. The van der Waals surface area contributed by atoms with Crippen molar-refractivity contribution in [2.75, 3.05) is 6.54 Å². The van der Waals surface area contributed by atoms with E-state index >= 15 is 0 Å². The van der Waals surface area contributed by atoms with Crippen molar-refractivity contribution in [1.82, 2.24) is 5.32 Å². The Kier molecular flexibility index (Phi) is 5.51. The second kappa shape index (κ2) is 7.37. The van der Waals surface area contributed by atoms with Crippen LogP contribution in [0.15, 0.2) is 42.5 Å². The number of rotatable bonds is 6. The van der Waals surface area contributed by atoms with E-state index in [1.807, 2.05) is 19.1 Å². The van der Waals surface area contributed by atoms with Crippen LogP contribution in [-0.4, -0.2) is 6.54 Å². The van der Waals surface area contributed by atoms with Crippen molar-refractivity contribution in [3.05, 3.63) is 70.5 Å². The molecule has 1 N–H and O–H groups in total. The smallest absolute Gasteiger partial charge is 0.127 e. The van der Waals surface area contributed by atoms with Crippen molar-refractivity contribution in [3.63, 3.8) is 0 Å². The molecule has 0 amide bonds. The minimum absolute atomic E-state index is 0.0644. The molecule has 0 aromatic heterocycles. The highest BCUT2D eigenvalue weighted by Gasteiger charge is 2.15. The lowest BCUT2D eigenvalue weighted by molar-refractivity contribution is 0.484. The van der Waals surface area contributed by atoms with E-state index in [0.717, 1.165) is 30.5 Å². The van der Waals surface area contributed by atoms with Crippen LogP contribution in [0.5, 0.6) is 0 Å². The molecule has 1 nitrogen and oxygen atoms in total. The van der Waals surface area contributed by atoms with E-state index in [4.69, 9.17) is 0 Å². The Morgan fingerprint density at radius 1 is 1.10 bits per heavy atom. The maximum Gasteiger partial charge on any atom is 0.127 e. The third-order valence-electron chi connectivity index (χ3n) is 3.94. The third kappa shape index (κ3) is 4.15. The molecule has 0 bridgehead atoms. The largest absolute Gasteiger partial charge is 0.310 e. The standard InChI is InChI=1S/C19H24FN/c1-4-21-19(17-13-14(2)9-11-18(17)20)12-10-16-8-6-5-7-15(16)3/h5-9,11,13,19,21H,4,10,12H2,1-3H3. The van der Waals surface area contributed by atoms with Crippen molar-refractivity contribution in [3.8, 4) is 0 Å². The Bertz CT molecular complexity index is 592. The van der Waals surface area contributed by atoms with Crippen LogP contribution in [-0.2, 0) is 6.42 Å². The Labute approximate surface area is 127 Å². The van der Waals surface area contributed by atoms with Crippen LogP contribution in [0.2, 0.25) is 0 Å². The summed E-state index contributed by atoms with van der Waals surface area (Å²) in [6.07, 6.45) is 1.86. The van der Waals surface area contributed by atoms with Gasteiger partial charge in [0.1, 0.15) is 5.82 Å². The van der Waals surface area contributed by atoms with E-state index in [1.54, 1.807) is 6.07 Å². The SMILES string of the molecule is CCNC(CCc1ccccc1C)c1cc(C)ccc1F. The number of aryl methyl sites for hydroxylation is 3. The van der Waals surface area contributed by atoms with Gasteiger partial charge in [-0.25, -0.2) is 4.39 Å². The first kappa shape index (κ1) is 15.7. The monoisotopic (exact) mass is 285 g/mol. The summed E-state index contributed by atoms with van der Waals surface area (Å²) < 4.78 is 14.1. The van der Waals surface area contributed by atoms with Crippen LogP contribution in [0, 0.1) is 19.7 Å². The Hall–Kier alpha value is -1.67. The fourth-order valence-electron chi connectivity index (χ4n) is 2.73. The molecule has 1 atom stereocenters. The first-order valence-electron chi connectivity index (χ1n) is 7.65. The predicted octanol–water partition coefficient (Wildman–Crippen LogP) is 4.73. The molecule has 2 aromatic rings. The second-order valence-electron chi connectivity index (χ2n) is 5.60. The lowest BCUT2D eigenvalue weighted by atomic mass is 9.95. The molecule has 2 rings (SSSR count). The van der Waals surface area contributed by atoms with Crippen LogP contribution >= 0.6 is 0 Å². The van der Waals surface area contributed by atoms with Crippen LogP contribution in [0.4, 0.5) is 4.39 Å². The maximum atomic E-state index is 14.1. The van der Waals surface area contributed by atoms with Crippen molar-refractivity contribution in [2.24, 2.45) is 0 Å². The predicted molar refractivity (Wildman–Crippen MR) is 87.1 cm³/mol. The highest BCUT2D eigenvalue weighted by atomic mass is 19.1. The van der Waals surface area contributed by atoms with Gasteiger partial charge in [-0.1, -0.05) is 48.9 Å². The molecule has 1 unspecified atom stereocenters. The number of halogens is 1. The van der Waals surface area contributed by atoms with E-state index in [9.17, 15) is 4.39 Å². The normalized spacial score (nSPS) is 12.4. The zero-order valence-corrected chi connectivity index (χ0v) is 13.1. The molecule has 0 saturated heterocycles. The van der Waals surface area contributed by atoms with Crippen LogP contribution < -0.4 is 5.32 Å². The van der Waals surface area contributed by atoms with Gasteiger partial charge in [0, 0.05) is 11.6 Å². The van der Waals surface area contributed by atoms with Crippen molar-refractivity contribution in [2.45, 2.75) is 39.7 Å². The van der Waals surface area contributed by atoms with Gasteiger partial charge in [0.25, 0.3) is 0 Å². The van der Waals surface area contributed by atoms with E-state index in [0.29, 0.717) is 0 Å². The summed E-state index contributed by atoms with van der Waals surface area (Å²) in [6, 6.07) is 13.8. The minimum atomic E-state index is -0.115. The van der Waals surface area contributed by atoms with Gasteiger partial charge in [0.15, 0.2) is 0 Å². The molecule has 2 aromatic carbocycles. The molecule has 2 heteroatoms. The molecular formula is C19H24FN. The summed E-state index contributed by atoms with van der Waals surface area (Å²) in [7, 11) is 0. The average Bonchev–Trinajstić information content (AvgIpc) is 2.48. The third-order valence-corrected chi connectivity index (χ3v) is 3.94. The van der Waals surface area contributed by atoms with Gasteiger partial charge < -0.3 is 5.32 Å². The zero-order valence-electron chi connectivity index (χ0n) is 13.1. The Morgan fingerprint density at radius 3 is 2.57 bits per heavy atom. The molecule has 0 aliphatic heterocycles. The van der Waals surface area contributed by atoms with Gasteiger partial charge in [-0.15, -0.1) is 0 Å². The topological polar surface area (TPSA) is 12.0 Å². The summed E-state index contributed by atoms with van der Waals surface area (Å²) in [6.45, 7) is 7.04. The average molecular weight is 285 g/mol. The zero-order chi connectivity index (χ0) is 15.2. The van der Waals surface area contributed by atoms with Crippen molar-refractivity contribution >= 4 is 0 Å². The summed E-state index contributed by atoms with van der Waals surface area (Å²) in [5, 5.41) is 3.42. The van der Waals surface area contributed by atoms with Gasteiger partial charge in [0.2, 0.25) is 0 Å². The molecular weight excluding hydrogens is 261 g/mol. The molecule has 0 aliphatic carbocycles. The van der Waals surface area contributed by atoms with E-state index in [-0.39, 0.29) is 11.9 Å². The van der Waals surface area contributed by atoms with Gasteiger partial charge in [-0.2, -0.15) is 0 Å². The number of nitrogens with one attached hydrogen (secondary N) is 1. The fourth-order valence-corrected chi connectivity index (χ4v) is 2.73. The Balaban J connectivity index is 2.16.